The molecule has 0 fully saturated rings. The molecule has 0 aliphatic carbocycles. The van der Waals surface area contributed by atoms with Gasteiger partial charge in [0.25, 0.3) is 0 Å². The van der Waals surface area contributed by atoms with Gasteiger partial charge >= 0.3 is 0 Å². The molecule has 0 unspecified atom stereocenters. The first-order valence-corrected chi connectivity index (χ1v) is 6.93. The minimum atomic E-state index is 0. The van der Waals surface area contributed by atoms with E-state index in [2.05, 4.69) is 29.4 Å². The maximum atomic E-state index is 5.75. The number of nitrogens with one attached hydrogen (secondary N) is 1. The first kappa shape index (κ1) is 19.0. The third-order valence-electron chi connectivity index (χ3n) is 2.90. The van der Waals surface area contributed by atoms with Crippen molar-refractivity contribution in [3.63, 3.8) is 0 Å². The zero-order valence-electron chi connectivity index (χ0n) is 12.4. The van der Waals surface area contributed by atoms with Crippen LogP contribution in [0, 0.1) is 0 Å². The van der Waals surface area contributed by atoms with Crippen LogP contribution in [0.1, 0.15) is 31.7 Å². The average Bonchev–Trinajstić information content (AvgIpc) is 2.44. The Balaban J connectivity index is 0.00000361. The molecule has 1 rings (SSSR count). The number of rotatable bonds is 8. The largest absolute Gasteiger partial charge is 0.497 e. The summed E-state index contributed by atoms with van der Waals surface area (Å²) >= 11 is 0. The topological polar surface area (TPSA) is 59.6 Å². The van der Waals surface area contributed by atoms with Crippen LogP contribution in [0.15, 0.2) is 29.3 Å². The SMILES string of the molecule is CCCCNC(N)=NCCCc1ccc(OC)cc1.I. The van der Waals surface area contributed by atoms with Crippen LogP contribution in [0.5, 0.6) is 5.75 Å². The van der Waals surface area contributed by atoms with Gasteiger partial charge in [0.1, 0.15) is 5.75 Å². The molecular formula is C15H26IN3O. The predicted molar refractivity (Wildman–Crippen MR) is 96.1 cm³/mol. The lowest BCUT2D eigenvalue weighted by Gasteiger charge is -2.05. The molecule has 1 aromatic rings. The van der Waals surface area contributed by atoms with E-state index in [1.165, 1.54) is 5.56 Å². The maximum Gasteiger partial charge on any atom is 0.188 e. The minimum Gasteiger partial charge on any atom is -0.497 e. The molecule has 20 heavy (non-hydrogen) atoms. The third kappa shape index (κ3) is 8.24. The van der Waals surface area contributed by atoms with Crippen LogP contribution in [0.25, 0.3) is 0 Å². The Kier molecular flexibility index (Phi) is 11.2. The number of aryl methyl sites for hydroxylation is 1. The summed E-state index contributed by atoms with van der Waals surface area (Å²) in [6.45, 7) is 3.82. The van der Waals surface area contributed by atoms with Crippen molar-refractivity contribution in [2.45, 2.75) is 32.6 Å². The first-order chi connectivity index (χ1) is 9.26. The average molecular weight is 391 g/mol. The fourth-order valence-corrected chi connectivity index (χ4v) is 1.72. The highest BCUT2D eigenvalue weighted by Crippen LogP contribution is 2.12. The number of benzene rings is 1. The molecule has 5 heteroatoms. The van der Waals surface area contributed by atoms with Gasteiger partial charge in [0.2, 0.25) is 0 Å². The smallest absolute Gasteiger partial charge is 0.188 e. The molecule has 0 spiro atoms. The molecule has 0 radical (unpaired) electrons. The van der Waals surface area contributed by atoms with Crippen molar-refractivity contribution in [3.8, 4) is 5.75 Å². The molecule has 0 bridgehead atoms. The van der Waals surface area contributed by atoms with Crippen molar-refractivity contribution in [2.24, 2.45) is 10.7 Å². The van der Waals surface area contributed by atoms with Crippen LogP contribution in [0.4, 0.5) is 0 Å². The monoisotopic (exact) mass is 391 g/mol. The molecule has 0 heterocycles. The molecule has 0 saturated heterocycles. The Labute approximate surface area is 139 Å². The second-order valence-electron chi connectivity index (χ2n) is 4.50. The van der Waals surface area contributed by atoms with Crippen LogP contribution in [0.3, 0.4) is 0 Å². The highest BCUT2D eigenvalue weighted by atomic mass is 127. The highest BCUT2D eigenvalue weighted by molar-refractivity contribution is 14.0. The van der Waals surface area contributed by atoms with Crippen LogP contribution in [0.2, 0.25) is 0 Å². The molecule has 1 aromatic carbocycles. The molecule has 114 valence electrons. The number of nitrogens with two attached hydrogens (primary N) is 1. The molecule has 0 aromatic heterocycles. The summed E-state index contributed by atoms with van der Waals surface area (Å²) in [5, 5.41) is 3.11. The Morgan fingerprint density at radius 2 is 1.95 bits per heavy atom. The van der Waals surface area contributed by atoms with E-state index in [0.717, 1.165) is 44.5 Å². The second kappa shape index (κ2) is 11.8. The summed E-state index contributed by atoms with van der Waals surface area (Å²) in [7, 11) is 1.68. The van der Waals surface area contributed by atoms with Gasteiger partial charge in [-0.05, 0) is 37.0 Å². The molecule has 0 aliphatic rings. The lowest BCUT2D eigenvalue weighted by Crippen LogP contribution is -2.32. The van der Waals surface area contributed by atoms with Crippen LogP contribution < -0.4 is 15.8 Å². The number of hydrogen-bond donors (Lipinski definition) is 2. The van der Waals surface area contributed by atoms with E-state index in [-0.39, 0.29) is 24.0 Å². The highest BCUT2D eigenvalue weighted by Gasteiger charge is 1.95. The van der Waals surface area contributed by atoms with Gasteiger partial charge in [-0.2, -0.15) is 0 Å². The number of halogens is 1. The van der Waals surface area contributed by atoms with E-state index in [4.69, 9.17) is 10.5 Å². The van der Waals surface area contributed by atoms with E-state index in [0.29, 0.717) is 5.96 Å². The first-order valence-electron chi connectivity index (χ1n) is 6.93. The second-order valence-corrected chi connectivity index (χ2v) is 4.50. The summed E-state index contributed by atoms with van der Waals surface area (Å²) in [6.07, 6.45) is 4.30. The normalized spacial score (nSPS) is 10.8. The molecular weight excluding hydrogens is 365 g/mol. The summed E-state index contributed by atoms with van der Waals surface area (Å²) in [6, 6.07) is 8.15. The molecule has 0 aliphatic heterocycles. The van der Waals surface area contributed by atoms with E-state index in [1.807, 2.05) is 12.1 Å². The number of hydrogen-bond acceptors (Lipinski definition) is 2. The fraction of sp³-hybridized carbons (Fsp3) is 0.533. The Morgan fingerprint density at radius 1 is 1.25 bits per heavy atom. The third-order valence-corrected chi connectivity index (χ3v) is 2.90. The molecule has 3 N–H and O–H groups in total. The number of methoxy groups -OCH3 is 1. The van der Waals surface area contributed by atoms with E-state index in [9.17, 15) is 0 Å². The van der Waals surface area contributed by atoms with E-state index in [1.54, 1.807) is 7.11 Å². The number of guanidine groups is 1. The Bertz CT molecular complexity index is 379. The Morgan fingerprint density at radius 3 is 2.55 bits per heavy atom. The number of nitrogens with zero attached hydrogens (tertiary/aromatic N) is 1. The number of unbranched alkanes of at least 4 members (excludes halogenated alkanes) is 1. The van der Waals surface area contributed by atoms with Crippen LogP contribution in [-0.4, -0.2) is 26.2 Å². The van der Waals surface area contributed by atoms with Gasteiger partial charge in [-0.1, -0.05) is 25.5 Å². The van der Waals surface area contributed by atoms with Gasteiger partial charge in [0.15, 0.2) is 5.96 Å². The van der Waals surface area contributed by atoms with Crippen molar-refractivity contribution in [1.29, 1.82) is 0 Å². The lowest BCUT2D eigenvalue weighted by molar-refractivity contribution is 0.414. The van der Waals surface area contributed by atoms with Gasteiger partial charge in [-0.3, -0.25) is 4.99 Å². The fourth-order valence-electron chi connectivity index (χ4n) is 1.72. The van der Waals surface area contributed by atoms with Gasteiger partial charge in [-0.15, -0.1) is 24.0 Å². The van der Waals surface area contributed by atoms with E-state index >= 15 is 0 Å². The zero-order valence-corrected chi connectivity index (χ0v) is 14.7. The minimum absolute atomic E-state index is 0. The standard InChI is InChI=1S/C15H25N3O.HI/c1-3-4-11-17-15(16)18-12-5-6-13-7-9-14(19-2)10-8-13;/h7-10H,3-6,11-12H2,1-2H3,(H3,16,17,18);1H. The number of aliphatic imine (C=N–C) groups is 1. The number of ether oxygens (including phenoxy) is 1. The summed E-state index contributed by atoms with van der Waals surface area (Å²) in [5.41, 5.74) is 7.05. The van der Waals surface area contributed by atoms with Crippen LogP contribution >= 0.6 is 24.0 Å². The van der Waals surface area contributed by atoms with Gasteiger partial charge in [0.05, 0.1) is 7.11 Å². The quantitative estimate of drug-likeness (QED) is 0.310. The van der Waals surface area contributed by atoms with Crippen molar-refractivity contribution in [2.75, 3.05) is 20.2 Å². The molecule has 0 amide bonds. The summed E-state index contributed by atoms with van der Waals surface area (Å²) < 4.78 is 5.13. The van der Waals surface area contributed by atoms with Gasteiger partial charge in [0, 0.05) is 13.1 Å². The maximum absolute atomic E-state index is 5.75. The predicted octanol–water partition coefficient (Wildman–Crippen LogP) is 2.95. The van der Waals surface area contributed by atoms with Crippen molar-refractivity contribution in [3.05, 3.63) is 29.8 Å². The summed E-state index contributed by atoms with van der Waals surface area (Å²) in [5.74, 6) is 1.45. The van der Waals surface area contributed by atoms with E-state index < -0.39 is 0 Å². The summed E-state index contributed by atoms with van der Waals surface area (Å²) in [4.78, 5) is 4.30. The van der Waals surface area contributed by atoms with Gasteiger partial charge < -0.3 is 15.8 Å². The zero-order chi connectivity index (χ0) is 13.9. The molecule has 4 nitrogen and oxygen atoms in total. The molecule has 0 saturated carbocycles. The molecule has 0 atom stereocenters. The van der Waals surface area contributed by atoms with Crippen molar-refractivity contribution < 1.29 is 4.74 Å². The Hall–Kier alpha value is -0.980. The lowest BCUT2D eigenvalue weighted by atomic mass is 10.1. The van der Waals surface area contributed by atoms with Crippen molar-refractivity contribution in [1.82, 2.24) is 5.32 Å². The van der Waals surface area contributed by atoms with Crippen molar-refractivity contribution >= 4 is 29.9 Å². The van der Waals surface area contributed by atoms with Crippen LogP contribution in [-0.2, 0) is 6.42 Å². The van der Waals surface area contributed by atoms with Gasteiger partial charge in [-0.25, -0.2) is 0 Å².